The number of likely N-dealkylation sites (N-methyl/N-ethyl adjacent to an activating group) is 1. The molecule has 0 spiro atoms. The topological polar surface area (TPSA) is 57.6 Å². The van der Waals surface area contributed by atoms with E-state index in [1.165, 1.54) is 4.90 Å². The average molecular weight is 171 g/mol. The third-order valence-corrected chi connectivity index (χ3v) is 2.26. The number of carboxylic acids is 1. The molecule has 1 amide bonds. The molecule has 12 heavy (non-hydrogen) atoms. The molecule has 1 fully saturated rings. The Morgan fingerprint density at radius 3 is 2.83 bits per heavy atom. The molecule has 1 heterocycles. The minimum Gasteiger partial charge on any atom is -0.480 e. The molecule has 1 atom stereocenters. The maximum Gasteiger partial charge on any atom is 0.326 e. The number of hydrogen-bond acceptors (Lipinski definition) is 2. The van der Waals surface area contributed by atoms with Crippen molar-refractivity contribution in [3.05, 3.63) is 0 Å². The monoisotopic (exact) mass is 171 g/mol. The van der Waals surface area contributed by atoms with Crippen molar-refractivity contribution in [1.82, 2.24) is 4.90 Å². The summed E-state index contributed by atoms with van der Waals surface area (Å²) in [4.78, 5) is 23.2. The number of carbonyl (C=O) groups is 2. The first-order chi connectivity index (χ1) is 5.63. The molecule has 68 valence electrons. The lowest BCUT2D eigenvalue weighted by atomic mass is 10.1. The van der Waals surface area contributed by atoms with Gasteiger partial charge in [0.25, 0.3) is 0 Å². The minimum atomic E-state index is -0.896. The predicted octanol–water partition coefficient (Wildman–Crippen LogP) is 0.472. The van der Waals surface area contributed by atoms with Gasteiger partial charge in [0, 0.05) is 13.5 Å². The van der Waals surface area contributed by atoms with E-state index in [2.05, 4.69) is 0 Å². The number of nitrogens with zero attached hydrogens (tertiary/aromatic N) is 1. The van der Waals surface area contributed by atoms with Gasteiger partial charge < -0.3 is 10.0 Å². The molecule has 0 saturated carbocycles. The number of rotatable bonds is 1. The molecule has 1 rings (SSSR count). The van der Waals surface area contributed by atoms with E-state index in [4.69, 9.17) is 5.11 Å². The van der Waals surface area contributed by atoms with E-state index in [9.17, 15) is 9.59 Å². The Bertz CT molecular complexity index is 202. The van der Waals surface area contributed by atoms with Crippen molar-refractivity contribution in [2.75, 3.05) is 7.05 Å². The molecular formula is C8H13NO3. The molecule has 0 unspecified atom stereocenters. The number of hydrogen-bond donors (Lipinski definition) is 1. The summed E-state index contributed by atoms with van der Waals surface area (Å²) in [5.41, 5.74) is 0. The maximum absolute atomic E-state index is 11.2. The van der Waals surface area contributed by atoms with Crippen LogP contribution in [-0.4, -0.2) is 35.0 Å². The molecule has 0 aromatic rings. The van der Waals surface area contributed by atoms with E-state index >= 15 is 0 Å². The Hall–Kier alpha value is -1.06. The van der Waals surface area contributed by atoms with Crippen LogP contribution in [0.2, 0.25) is 0 Å². The Kier molecular flexibility index (Phi) is 2.68. The molecule has 1 aliphatic heterocycles. The van der Waals surface area contributed by atoms with Gasteiger partial charge in [0.2, 0.25) is 5.91 Å². The summed E-state index contributed by atoms with van der Waals surface area (Å²) in [5.74, 6) is -0.951. The lowest BCUT2D eigenvalue weighted by molar-refractivity contribution is -0.148. The molecule has 0 aromatic heterocycles. The zero-order chi connectivity index (χ0) is 9.14. The number of carboxylic acid groups (broad SMARTS) is 1. The van der Waals surface area contributed by atoms with Crippen molar-refractivity contribution in [3.63, 3.8) is 0 Å². The highest BCUT2D eigenvalue weighted by Gasteiger charge is 2.27. The summed E-state index contributed by atoms with van der Waals surface area (Å²) in [6.07, 6.45) is 2.71. The van der Waals surface area contributed by atoms with Crippen LogP contribution in [0.25, 0.3) is 0 Å². The van der Waals surface area contributed by atoms with Crippen molar-refractivity contribution in [3.8, 4) is 0 Å². The molecule has 4 heteroatoms. The Labute approximate surface area is 71.2 Å². The first-order valence-electron chi connectivity index (χ1n) is 4.11. The molecule has 0 aliphatic carbocycles. The molecule has 4 nitrogen and oxygen atoms in total. The van der Waals surface area contributed by atoms with E-state index in [0.29, 0.717) is 12.8 Å². The quantitative estimate of drug-likeness (QED) is 0.624. The summed E-state index contributed by atoms with van der Waals surface area (Å²) in [5, 5.41) is 8.76. The first kappa shape index (κ1) is 9.03. The van der Waals surface area contributed by atoms with E-state index in [1.54, 1.807) is 7.05 Å². The summed E-state index contributed by atoms with van der Waals surface area (Å²) in [7, 11) is 1.56. The fourth-order valence-corrected chi connectivity index (χ4v) is 1.45. The summed E-state index contributed by atoms with van der Waals surface area (Å²) >= 11 is 0. The number of amides is 1. The van der Waals surface area contributed by atoms with Crippen LogP contribution in [0.5, 0.6) is 0 Å². The highest BCUT2D eigenvalue weighted by molar-refractivity contribution is 5.83. The largest absolute Gasteiger partial charge is 0.480 e. The maximum atomic E-state index is 11.2. The zero-order valence-corrected chi connectivity index (χ0v) is 7.12. The van der Waals surface area contributed by atoms with Crippen LogP contribution in [0.1, 0.15) is 25.7 Å². The first-order valence-corrected chi connectivity index (χ1v) is 4.11. The van der Waals surface area contributed by atoms with E-state index in [1.807, 2.05) is 0 Å². The normalized spacial score (nSPS) is 25.2. The van der Waals surface area contributed by atoms with Gasteiger partial charge in [0.05, 0.1) is 0 Å². The number of aliphatic carboxylic acids is 1. The van der Waals surface area contributed by atoms with Gasteiger partial charge in [-0.3, -0.25) is 4.79 Å². The molecule has 0 radical (unpaired) electrons. The van der Waals surface area contributed by atoms with Crippen molar-refractivity contribution in [2.45, 2.75) is 31.7 Å². The van der Waals surface area contributed by atoms with E-state index < -0.39 is 12.0 Å². The van der Waals surface area contributed by atoms with Crippen molar-refractivity contribution >= 4 is 11.9 Å². The van der Waals surface area contributed by atoms with Gasteiger partial charge in [0.15, 0.2) is 0 Å². The second-order valence-electron chi connectivity index (χ2n) is 3.10. The minimum absolute atomic E-state index is 0.0556. The lowest BCUT2D eigenvalue weighted by Gasteiger charge is -2.21. The average Bonchev–Trinajstić information content (AvgIpc) is 2.15. The van der Waals surface area contributed by atoms with Crippen LogP contribution in [0, 0.1) is 0 Å². The van der Waals surface area contributed by atoms with Gasteiger partial charge in [0.1, 0.15) is 6.04 Å². The van der Waals surface area contributed by atoms with Gasteiger partial charge in [-0.1, -0.05) is 6.42 Å². The van der Waals surface area contributed by atoms with Gasteiger partial charge in [-0.25, -0.2) is 4.79 Å². The smallest absolute Gasteiger partial charge is 0.326 e. The fraction of sp³-hybridized carbons (Fsp3) is 0.750. The Balaban J connectivity index is 2.70. The van der Waals surface area contributed by atoms with Crippen LogP contribution in [0.15, 0.2) is 0 Å². The van der Waals surface area contributed by atoms with Crippen LogP contribution in [0.4, 0.5) is 0 Å². The second-order valence-corrected chi connectivity index (χ2v) is 3.10. The third kappa shape index (κ3) is 1.75. The summed E-state index contributed by atoms with van der Waals surface area (Å²) < 4.78 is 0. The zero-order valence-electron chi connectivity index (χ0n) is 7.12. The second kappa shape index (κ2) is 3.56. The van der Waals surface area contributed by atoms with Gasteiger partial charge >= 0.3 is 5.97 Å². The molecule has 1 N–H and O–H groups in total. The summed E-state index contributed by atoms with van der Waals surface area (Å²) in [6, 6.07) is -0.611. The molecular weight excluding hydrogens is 158 g/mol. The standard InChI is InChI=1S/C8H13NO3/c1-9-6(8(11)12)4-2-3-5-7(9)10/h6H,2-5H2,1H3,(H,11,12)/t6-/m0/s1. The van der Waals surface area contributed by atoms with Gasteiger partial charge in [-0.2, -0.15) is 0 Å². The fourth-order valence-electron chi connectivity index (χ4n) is 1.45. The lowest BCUT2D eigenvalue weighted by Crippen LogP contribution is -2.40. The highest BCUT2D eigenvalue weighted by atomic mass is 16.4. The van der Waals surface area contributed by atoms with Gasteiger partial charge in [-0.15, -0.1) is 0 Å². The molecule has 1 saturated heterocycles. The van der Waals surface area contributed by atoms with E-state index in [-0.39, 0.29) is 5.91 Å². The van der Waals surface area contributed by atoms with Crippen LogP contribution < -0.4 is 0 Å². The summed E-state index contributed by atoms with van der Waals surface area (Å²) in [6.45, 7) is 0. The van der Waals surface area contributed by atoms with Crippen LogP contribution in [-0.2, 0) is 9.59 Å². The third-order valence-electron chi connectivity index (χ3n) is 2.26. The predicted molar refractivity (Wildman–Crippen MR) is 42.7 cm³/mol. The molecule has 0 aromatic carbocycles. The Morgan fingerprint density at radius 2 is 2.25 bits per heavy atom. The van der Waals surface area contributed by atoms with E-state index in [0.717, 1.165) is 12.8 Å². The number of carbonyl (C=O) groups excluding carboxylic acids is 1. The van der Waals surface area contributed by atoms with Crippen molar-refractivity contribution in [2.24, 2.45) is 0 Å². The van der Waals surface area contributed by atoms with Gasteiger partial charge in [-0.05, 0) is 12.8 Å². The highest BCUT2D eigenvalue weighted by Crippen LogP contribution is 2.15. The van der Waals surface area contributed by atoms with Crippen LogP contribution in [0.3, 0.4) is 0 Å². The van der Waals surface area contributed by atoms with Crippen LogP contribution >= 0.6 is 0 Å². The molecule has 0 bridgehead atoms. The SMILES string of the molecule is CN1C(=O)CCCC[C@H]1C(=O)O. The Morgan fingerprint density at radius 1 is 1.58 bits per heavy atom. The van der Waals surface area contributed by atoms with Crippen molar-refractivity contribution in [1.29, 1.82) is 0 Å². The van der Waals surface area contributed by atoms with Crippen molar-refractivity contribution < 1.29 is 14.7 Å². The molecule has 1 aliphatic rings. The number of likely N-dealkylation sites (tertiary alicyclic amines) is 1.